The highest BCUT2D eigenvalue weighted by Gasteiger charge is 2.20. The fraction of sp³-hybridized carbons (Fsp3) is 0.500. The maximum Gasteiger partial charge on any atom is 0.323 e. The summed E-state index contributed by atoms with van der Waals surface area (Å²) in [6.45, 7) is 0. The predicted molar refractivity (Wildman–Crippen MR) is 35.1 cm³/mol. The highest BCUT2D eigenvalue weighted by molar-refractivity contribution is 5.73. The molecule has 0 bridgehead atoms. The molecule has 0 saturated heterocycles. The van der Waals surface area contributed by atoms with Crippen molar-refractivity contribution < 1.29 is 15.0 Å². The monoisotopic (exact) mass is 143 g/mol. The fourth-order valence-electron chi connectivity index (χ4n) is 0.412. The van der Waals surface area contributed by atoms with E-state index in [9.17, 15) is 4.79 Å². The molecule has 0 amide bonds. The third-order valence-electron chi connectivity index (χ3n) is 1.03. The van der Waals surface area contributed by atoms with Gasteiger partial charge in [0, 0.05) is 6.42 Å². The molecule has 0 heterocycles. The number of carboxylic acid groups (broad SMARTS) is 1. The Bertz CT molecular complexity index is 161. The second-order valence-corrected chi connectivity index (χ2v) is 1.84. The van der Waals surface area contributed by atoms with Gasteiger partial charge < -0.3 is 15.9 Å². The molecule has 0 rings (SSSR count). The standard InChI is InChI=1S/C6H9NO3/c1-2-3-4(8)5(7)6(9)10/h1,4-5,8H,3,7H2,(H,9,10). The predicted octanol–water partition coefficient (Wildman–Crippen LogP) is -1.22. The van der Waals surface area contributed by atoms with E-state index < -0.39 is 18.1 Å². The summed E-state index contributed by atoms with van der Waals surface area (Å²) in [5, 5.41) is 17.1. The van der Waals surface area contributed by atoms with E-state index >= 15 is 0 Å². The van der Waals surface area contributed by atoms with E-state index in [1.54, 1.807) is 0 Å². The zero-order valence-electron chi connectivity index (χ0n) is 5.32. The number of terminal acetylenes is 1. The van der Waals surface area contributed by atoms with Crippen LogP contribution >= 0.6 is 0 Å². The summed E-state index contributed by atoms with van der Waals surface area (Å²) >= 11 is 0. The summed E-state index contributed by atoms with van der Waals surface area (Å²) in [5.41, 5.74) is 5.00. The second kappa shape index (κ2) is 3.88. The van der Waals surface area contributed by atoms with E-state index in [2.05, 4.69) is 5.92 Å². The molecule has 0 aliphatic heterocycles. The Balaban J connectivity index is 3.84. The van der Waals surface area contributed by atoms with Gasteiger partial charge >= 0.3 is 5.97 Å². The van der Waals surface area contributed by atoms with Crippen LogP contribution in [0.5, 0.6) is 0 Å². The lowest BCUT2D eigenvalue weighted by Gasteiger charge is -2.10. The van der Waals surface area contributed by atoms with E-state index in [1.165, 1.54) is 0 Å². The van der Waals surface area contributed by atoms with Crippen LogP contribution in [-0.2, 0) is 4.79 Å². The number of aliphatic hydroxyl groups excluding tert-OH is 1. The SMILES string of the molecule is C#CCC(O)C(N)C(=O)O. The smallest absolute Gasteiger partial charge is 0.323 e. The van der Waals surface area contributed by atoms with E-state index in [1.807, 2.05) is 0 Å². The molecule has 56 valence electrons. The van der Waals surface area contributed by atoms with Gasteiger partial charge in [-0.2, -0.15) is 0 Å². The maximum atomic E-state index is 10.1. The second-order valence-electron chi connectivity index (χ2n) is 1.84. The van der Waals surface area contributed by atoms with Gasteiger partial charge in [-0.3, -0.25) is 4.79 Å². The third-order valence-corrected chi connectivity index (χ3v) is 1.03. The number of hydrogen-bond acceptors (Lipinski definition) is 3. The van der Waals surface area contributed by atoms with Crippen molar-refractivity contribution in [3.05, 3.63) is 0 Å². The first-order chi connectivity index (χ1) is 4.59. The number of carboxylic acids is 1. The topological polar surface area (TPSA) is 83.5 Å². The molecule has 0 aromatic heterocycles. The lowest BCUT2D eigenvalue weighted by Crippen LogP contribution is -2.41. The summed E-state index contributed by atoms with van der Waals surface area (Å²) in [5.74, 6) is 0.862. The fourth-order valence-corrected chi connectivity index (χ4v) is 0.412. The van der Waals surface area contributed by atoms with Crippen molar-refractivity contribution in [2.75, 3.05) is 0 Å². The number of nitrogens with two attached hydrogens (primary N) is 1. The van der Waals surface area contributed by atoms with E-state index in [4.69, 9.17) is 22.4 Å². The molecule has 0 spiro atoms. The van der Waals surface area contributed by atoms with Gasteiger partial charge in [-0.15, -0.1) is 12.3 Å². The Labute approximate surface area is 58.7 Å². The molecule has 2 atom stereocenters. The van der Waals surface area contributed by atoms with Crippen molar-refractivity contribution in [2.45, 2.75) is 18.6 Å². The highest BCUT2D eigenvalue weighted by Crippen LogP contribution is 1.94. The lowest BCUT2D eigenvalue weighted by atomic mass is 10.1. The molecule has 0 fully saturated rings. The maximum absolute atomic E-state index is 10.1. The molecule has 0 radical (unpaired) electrons. The van der Waals surface area contributed by atoms with Crippen LogP contribution < -0.4 is 5.73 Å². The number of hydrogen-bond donors (Lipinski definition) is 3. The molecule has 4 heteroatoms. The average Bonchev–Trinajstić information content (AvgIpc) is 1.87. The zero-order valence-corrected chi connectivity index (χ0v) is 5.32. The number of aliphatic carboxylic acids is 1. The molecule has 0 aromatic carbocycles. The van der Waals surface area contributed by atoms with Crippen molar-refractivity contribution in [2.24, 2.45) is 5.73 Å². The van der Waals surface area contributed by atoms with Crippen LogP contribution in [0.15, 0.2) is 0 Å². The van der Waals surface area contributed by atoms with Crippen LogP contribution in [0.3, 0.4) is 0 Å². The summed E-state index contributed by atoms with van der Waals surface area (Å²) < 4.78 is 0. The number of aliphatic hydroxyl groups is 1. The van der Waals surface area contributed by atoms with Crippen LogP contribution in [0.2, 0.25) is 0 Å². The molecule has 4 N–H and O–H groups in total. The van der Waals surface area contributed by atoms with Gasteiger partial charge in [0.05, 0.1) is 6.10 Å². The Kier molecular flexibility index (Phi) is 3.47. The Morgan fingerprint density at radius 2 is 2.30 bits per heavy atom. The first-order valence-corrected chi connectivity index (χ1v) is 2.69. The minimum Gasteiger partial charge on any atom is -0.480 e. The Morgan fingerprint density at radius 3 is 2.60 bits per heavy atom. The Morgan fingerprint density at radius 1 is 1.80 bits per heavy atom. The van der Waals surface area contributed by atoms with Gasteiger partial charge in [-0.05, 0) is 0 Å². The lowest BCUT2D eigenvalue weighted by molar-refractivity contribution is -0.141. The minimum atomic E-state index is -1.28. The Hall–Kier alpha value is -1.05. The van der Waals surface area contributed by atoms with Crippen molar-refractivity contribution >= 4 is 5.97 Å². The highest BCUT2D eigenvalue weighted by atomic mass is 16.4. The summed E-state index contributed by atoms with van der Waals surface area (Å²) in [4.78, 5) is 10.1. The summed E-state index contributed by atoms with van der Waals surface area (Å²) in [6.07, 6.45) is 3.62. The molecular weight excluding hydrogens is 134 g/mol. The van der Waals surface area contributed by atoms with Crippen LogP contribution in [-0.4, -0.2) is 28.3 Å². The molecular formula is C6H9NO3. The van der Waals surface area contributed by atoms with Gasteiger partial charge in [0.15, 0.2) is 0 Å². The largest absolute Gasteiger partial charge is 0.480 e. The van der Waals surface area contributed by atoms with Crippen LogP contribution in [0.25, 0.3) is 0 Å². The van der Waals surface area contributed by atoms with Crippen molar-refractivity contribution in [3.8, 4) is 12.3 Å². The molecule has 4 nitrogen and oxygen atoms in total. The molecule has 10 heavy (non-hydrogen) atoms. The van der Waals surface area contributed by atoms with Crippen molar-refractivity contribution in [1.82, 2.24) is 0 Å². The molecule has 2 unspecified atom stereocenters. The van der Waals surface area contributed by atoms with E-state index in [-0.39, 0.29) is 6.42 Å². The van der Waals surface area contributed by atoms with Crippen LogP contribution in [0, 0.1) is 12.3 Å². The van der Waals surface area contributed by atoms with Crippen molar-refractivity contribution in [1.29, 1.82) is 0 Å². The first-order valence-electron chi connectivity index (χ1n) is 2.69. The van der Waals surface area contributed by atoms with Gasteiger partial charge in [0.1, 0.15) is 6.04 Å². The normalized spacial score (nSPS) is 15.3. The summed E-state index contributed by atoms with van der Waals surface area (Å²) in [7, 11) is 0. The quantitative estimate of drug-likeness (QED) is 0.432. The molecule has 0 aliphatic rings. The zero-order chi connectivity index (χ0) is 8.15. The average molecular weight is 143 g/mol. The minimum absolute atomic E-state index is 0.0343. The van der Waals surface area contributed by atoms with Gasteiger partial charge in [0.25, 0.3) is 0 Å². The van der Waals surface area contributed by atoms with Crippen molar-refractivity contribution in [3.63, 3.8) is 0 Å². The van der Waals surface area contributed by atoms with Crippen LogP contribution in [0.4, 0.5) is 0 Å². The van der Waals surface area contributed by atoms with E-state index in [0.717, 1.165) is 0 Å². The third kappa shape index (κ3) is 2.49. The van der Waals surface area contributed by atoms with Gasteiger partial charge in [0.2, 0.25) is 0 Å². The molecule has 0 saturated carbocycles. The molecule has 0 aliphatic carbocycles. The van der Waals surface area contributed by atoms with Crippen LogP contribution in [0.1, 0.15) is 6.42 Å². The van der Waals surface area contributed by atoms with E-state index in [0.29, 0.717) is 0 Å². The summed E-state index contributed by atoms with van der Waals surface area (Å²) in [6, 6.07) is -1.28. The first kappa shape index (κ1) is 8.95. The van der Waals surface area contributed by atoms with Gasteiger partial charge in [-0.25, -0.2) is 0 Å². The molecule has 0 aromatic rings. The number of rotatable bonds is 3. The van der Waals surface area contributed by atoms with Gasteiger partial charge in [-0.1, -0.05) is 0 Å². The number of carbonyl (C=O) groups is 1.